The molecule has 4 nitrogen and oxygen atoms in total. The Balaban J connectivity index is 1.83. The zero-order chi connectivity index (χ0) is 15.4. The number of nitrogens with one attached hydrogen (secondary N) is 1. The third kappa shape index (κ3) is 3.15. The van der Waals surface area contributed by atoms with Gasteiger partial charge in [-0.2, -0.15) is 11.3 Å². The minimum absolute atomic E-state index is 0.0241. The van der Waals surface area contributed by atoms with E-state index in [9.17, 15) is 4.79 Å². The van der Waals surface area contributed by atoms with Gasteiger partial charge >= 0.3 is 0 Å². The van der Waals surface area contributed by atoms with Crippen LogP contribution in [0.15, 0.2) is 41.1 Å². The molecule has 1 fully saturated rings. The van der Waals surface area contributed by atoms with Crippen molar-refractivity contribution < 1.29 is 9.53 Å². The molecule has 1 aliphatic heterocycles. The summed E-state index contributed by atoms with van der Waals surface area (Å²) in [6.45, 7) is 2.32. The van der Waals surface area contributed by atoms with Gasteiger partial charge in [0, 0.05) is 25.2 Å². The highest BCUT2D eigenvalue weighted by Crippen LogP contribution is 2.30. The third-order valence-corrected chi connectivity index (χ3v) is 4.73. The monoisotopic (exact) mass is 316 g/mol. The Labute approximate surface area is 134 Å². The molecule has 0 unspecified atom stereocenters. The molecule has 22 heavy (non-hydrogen) atoms. The van der Waals surface area contributed by atoms with E-state index in [1.807, 2.05) is 46.0 Å². The predicted octanol–water partition coefficient (Wildman–Crippen LogP) is 2.47. The first-order valence-corrected chi connectivity index (χ1v) is 8.38. The molecule has 5 heteroatoms. The summed E-state index contributed by atoms with van der Waals surface area (Å²) in [6.07, 6.45) is 0.467. The number of hydrogen-bond acceptors (Lipinski definition) is 4. The maximum Gasteiger partial charge on any atom is 0.227 e. The average Bonchev–Trinajstić information content (AvgIpc) is 3.07. The molecule has 0 spiro atoms. The largest absolute Gasteiger partial charge is 0.496 e. The zero-order valence-electron chi connectivity index (χ0n) is 12.6. The van der Waals surface area contributed by atoms with Gasteiger partial charge < -0.3 is 15.0 Å². The van der Waals surface area contributed by atoms with Crippen LogP contribution in [0.2, 0.25) is 0 Å². The lowest BCUT2D eigenvalue weighted by Gasteiger charge is -2.37. The number of benzene rings is 1. The summed E-state index contributed by atoms with van der Waals surface area (Å²) in [4.78, 5) is 14.7. The van der Waals surface area contributed by atoms with Crippen molar-refractivity contribution in [2.45, 2.75) is 12.5 Å². The molecular formula is C17H20N2O2S. The summed E-state index contributed by atoms with van der Waals surface area (Å²) < 4.78 is 5.47. The van der Waals surface area contributed by atoms with E-state index in [0.717, 1.165) is 36.5 Å². The van der Waals surface area contributed by atoms with Crippen molar-refractivity contribution in [3.63, 3.8) is 0 Å². The number of thiophene rings is 1. The van der Waals surface area contributed by atoms with E-state index in [2.05, 4.69) is 5.32 Å². The van der Waals surface area contributed by atoms with E-state index in [4.69, 9.17) is 4.74 Å². The van der Waals surface area contributed by atoms with Crippen LogP contribution >= 0.6 is 11.3 Å². The Morgan fingerprint density at radius 3 is 3.05 bits per heavy atom. The molecule has 1 atom stereocenters. The number of piperazine rings is 1. The first kappa shape index (κ1) is 15.1. The number of amides is 1. The molecule has 1 aliphatic rings. The number of para-hydroxylation sites is 1. The Bertz CT molecular complexity index is 627. The molecule has 1 aromatic carbocycles. The fourth-order valence-electron chi connectivity index (χ4n) is 2.89. The van der Waals surface area contributed by atoms with Gasteiger partial charge in [0.1, 0.15) is 5.75 Å². The Hall–Kier alpha value is -1.85. The van der Waals surface area contributed by atoms with E-state index in [-0.39, 0.29) is 11.9 Å². The second-order valence-corrected chi connectivity index (χ2v) is 6.14. The summed E-state index contributed by atoms with van der Waals surface area (Å²) >= 11 is 1.63. The molecule has 1 aromatic heterocycles. The normalized spacial score (nSPS) is 18.2. The molecule has 1 N–H and O–H groups in total. The molecular weight excluding hydrogens is 296 g/mol. The number of ether oxygens (including phenoxy) is 1. The summed E-state index contributed by atoms with van der Waals surface area (Å²) in [7, 11) is 1.67. The van der Waals surface area contributed by atoms with Crippen LogP contribution < -0.4 is 10.1 Å². The standard InChI is InChI=1S/C17H20N2O2S/c1-21-16-5-3-2-4-14(16)15-11-18-7-8-19(15)17(20)10-13-6-9-22-12-13/h2-6,9,12,15,18H,7-8,10-11H2,1H3/t15-/m0/s1. The molecule has 3 rings (SSSR count). The van der Waals surface area contributed by atoms with Crippen molar-refractivity contribution in [2.24, 2.45) is 0 Å². The zero-order valence-corrected chi connectivity index (χ0v) is 13.4. The minimum atomic E-state index is 0.0241. The molecule has 0 saturated carbocycles. The van der Waals surface area contributed by atoms with Crippen LogP contribution in [-0.4, -0.2) is 37.6 Å². The summed E-state index contributed by atoms with van der Waals surface area (Å²) in [6, 6.07) is 9.98. The number of methoxy groups -OCH3 is 1. The van der Waals surface area contributed by atoms with Gasteiger partial charge in [0.25, 0.3) is 0 Å². The van der Waals surface area contributed by atoms with Gasteiger partial charge in [-0.3, -0.25) is 4.79 Å². The highest BCUT2D eigenvalue weighted by atomic mass is 32.1. The fraction of sp³-hybridized carbons (Fsp3) is 0.353. The topological polar surface area (TPSA) is 41.6 Å². The molecule has 2 aromatic rings. The highest BCUT2D eigenvalue weighted by molar-refractivity contribution is 7.07. The van der Waals surface area contributed by atoms with E-state index >= 15 is 0 Å². The Morgan fingerprint density at radius 2 is 2.27 bits per heavy atom. The first-order chi connectivity index (χ1) is 10.8. The van der Waals surface area contributed by atoms with Crippen molar-refractivity contribution in [3.05, 3.63) is 52.2 Å². The maximum absolute atomic E-state index is 12.7. The van der Waals surface area contributed by atoms with Crippen molar-refractivity contribution in [1.82, 2.24) is 10.2 Å². The number of carbonyl (C=O) groups is 1. The quantitative estimate of drug-likeness (QED) is 0.942. The number of rotatable bonds is 4. The second kappa shape index (κ2) is 6.94. The van der Waals surface area contributed by atoms with Gasteiger partial charge in [-0.15, -0.1) is 0 Å². The van der Waals surface area contributed by atoms with Crippen LogP contribution in [0.25, 0.3) is 0 Å². The van der Waals surface area contributed by atoms with Gasteiger partial charge in [-0.1, -0.05) is 18.2 Å². The maximum atomic E-state index is 12.7. The lowest BCUT2D eigenvalue weighted by molar-refractivity contribution is -0.133. The molecule has 0 bridgehead atoms. The second-order valence-electron chi connectivity index (χ2n) is 5.36. The predicted molar refractivity (Wildman–Crippen MR) is 88.3 cm³/mol. The molecule has 0 radical (unpaired) electrons. The van der Waals surface area contributed by atoms with Gasteiger partial charge in [-0.05, 0) is 28.5 Å². The lowest BCUT2D eigenvalue weighted by Crippen LogP contribution is -2.49. The molecule has 1 saturated heterocycles. The van der Waals surface area contributed by atoms with Crippen molar-refractivity contribution in [1.29, 1.82) is 0 Å². The Kier molecular flexibility index (Phi) is 4.75. The lowest BCUT2D eigenvalue weighted by atomic mass is 10.0. The van der Waals surface area contributed by atoms with Crippen molar-refractivity contribution in [3.8, 4) is 5.75 Å². The van der Waals surface area contributed by atoms with Crippen LogP contribution in [0, 0.1) is 0 Å². The van der Waals surface area contributed by atoms with E-state index in [0.29, 0.717) is 6.42 Å². The van der Waals surface area contributed by atoms with Crippen LogP contribution in [-0.2, 0) is 11.2 Å². The fourth-order valence-corrected chi connectivity index (χ4v) is 3.56. The average molecular weight is 316 g/mol. The van der Waals surface area contributed by atoms with Crippen LogP contribution in [0.4, 0.5) is 0 Å². The Morgan fingerprint density at radius 1 is 1.41 bits per heavy atom. The highest BCUT2D eigenvalue weighted by Gasteiger charge is 2.29. The van der Waals surface area contributed by atoms with Gasteiger partial charge in [0.05, 0.1) is 19.6 Å². The smallest absolute Gasteiger partial charge is 0.227 e. The molecule has 0 aliphatic carbocycles. The van der Waals surface area contributed by atoms with Gasteiger partial charge in [0.2, 0.25) is 5.91 Å². The number of nitrogens with zero attached hydrogens (tertiary/aromatic N) is 1. The van der Waals surface area contributed by atoms with Crippen LogP contribution in [0.1, 0.15) is 17.2 Å². The summed E-state index contributed by atoms with van der Waals surface area (Å²) in [5, 5.41) is 7.43. The van der Waals surface area contributed by atoms with Gasteiger partial charge in [0.15, 0.2) is 0 Å². The molecule has 2 heterocycles. The van der Waals surface area contributed by atoms with Crippen molar-refractivity contribution >= 4 is 17.2 Å². The van der Waals surface area contributed by atoms with E-state index in [1.165, 1.54) is 0 Å². The van der Waals surface area contributed by atoms with Crippen molar-refractivity contribution in [2.75, 3.05) is 26.7 Å². The number of hydrogen-bond donors (Lipinski definition) is 1. The summed E-state index contributed by atoms with van der Waals surface area (Å²) in [5.41, 5.74) is 2.16. The van der Waals surface area contributed by atoms with E-state index in [1.54, 1.807) is 18.4 Å². The van der Waals surface area contributed by atoms with E-state index < -0.39 is 0 Å². The summed E-state index contributed by atoms with van der Waals surface area (Å²) in [5.74, 6) is 1.01. The third-order valence-electron chi connectivity index (χ3n) is 4.00. The number of carbonyl (C=O) groups excluding carboxylic acids is 1. The van der Waals surface area contributed by atoms with Crippen LogP contribution in [0.5, 0.6) is 5.75 Å². The molecule has 1 amide bonds. The van der Waals surface area contributed by atoms with Gasteiger partial charge in [-0.25, -0.2) is 0 Å². The SMILES string of the molecule is COc1ccccc1[C@@H]1CNCCN1C(=O)Cc1ccsc1. The minimum Gasteiger partial charge on any atom is -0.496 e. The van der Waals surface area contributed by atoms with Crippen LogP contribution in [0.3, 0.4) is 0 Å². The first-order valence-electron chi connectivity index (χ1n) is 7.44. The molecule has 116 valence electrons.